The van der Waals surface area contributed by atoms with Crippen molar-refractivity contribution in [1.29, 1.82) is 0 Å². The summed E-state index contributed by atoms with van der Waals surface area (Å²) in [7, 11) is 0. The van der Waals surface area contributed by atoms with Gasteiger partial charge in [-0.25, -0.2) is 0 Å². The van der Waals surface area contributed by atoms with E-state index in [1.165, 1.54) is 6.26 Å². The number of benzene rings is 1. The molecular formula is C18H23NO4. The molecular weight excluding hydrogens is 294 g/mol. The maximum absolute atomic E-state index is 12.1. The third-order valence-electron chi connectivity index (χ3n) is 3.32. The largest absolute Gasteiger partial charge is 0.491 e. The molecule has 124 valence electrons. The number of hydrogen-bond acceptors (Lipinski definition) is 4. The fourth-order valence-corrected chi connectivity index (χ4v) is 2.19. The van der Waals surface area contributed by atoms with Gasteiger partial charge in [0.1, 0.15) is 17.1 Å². The molecule has 0 aliphatic rings. The van der Waals surface area contributed by atoms with Gasteiger partial charge >= 0.3 is 0 Å². The van der Waals surface area contributed by atoms with Crippen LogP contribution in [-0.2, 0) is 16.8 Å². The number of aliphatic hydroxyl groups is 1. The van der Waals surface area contributed by atoms with E-state index in [2.05, 4.69) is 5.32 Å². The van der Waals surface area contributed by atoms with Crippen LogP contribution in [0.3, 0.4) is 0 Å². The van der Waals surface area contributed by atoms with E-state index < -0.39 is 5.60 Å². The van der Waals surface area contributed by atoms with Gasteiger partial charge in [-0.3, -0.25) is 4.79 Å². The monoisotopic (exact) mass is 317 g/mol. The van der Waals surface area contributed by atoms with E-state index in [-0.39, 0.29) is 25.0 Å². The molecule has 0 aliphatic heterocycles. The molecule has 1 amide bonds. The van der Waals surface area contributed by atoms with Gasteiger partial charge in [-0.1, -0.05) is 12.1 Å². The van der Waals surface area contributed by atoms with Crippen LogP contribution in [0.2, 0.25) is 0 Å². The molecule has 1 aromatic heterocycles. The van der Waals surface area contributed by atoms with Crippen molar-refractivity contribution in [2.45, 2.75) is 38.9 Å². The fourth-order valence-electron chi connectivity index (χ4n) is 2.19. The molecule has 5 heteroatoms. The van der Waals surface area contributed by atoms with E-state index in [4.69, 9.17) is 9.15 Å². The molecule has 1 unspecified atom stereocenters. The van der Waals surface area contributed by atoms with Crippen LogP contribution in [-0.4, -0.2) is 23.7 Å². The highest BCUT2D eigenvalue weighted by atomic mass is 16.5. The van der Waals surface area contributed by atoms with Crippen LogP contribution >= 0.6 is 0 Å². The molecule has 0 saturated heterocycles. The molecule has 1 atom stereocenters. The maximum Gasteiger partial charge on any atom is 0.224 e. The van der Waals surface area contributed by atoms with Crippen LogP contribution < -0.4 is 10.1 Å². The first-order valence-electron chi connectivity index (χ1n) is 7.65. The molecule has 23 heavy (non-hydrogen) atoms. The molecule has 0 fully saturated rings. The second-order valence-corrected chi connectivity index (χ2v) is 6.02. The summed E-state index contributed by atoms with van der Waals surface area (Å²) in [5.74, 6) is 0.997. The summed E-state index contributed by atoms with van der Waals surface area (Å²) < 4.78 is 10.8. The quantitative estimate of drug-likeness (QED) is 0.823. The van der Waals surface area contributed by atoms with Crippen molar-refractivity contribution < 1.29 is 19.1 Å². The minimum Gasteiger partial charge on any atom is -0.491 e. The topological polar surface area (TPSA) is 71.7 Å². The molecule has 1 aromatic carbocycles. The molecule has 2 N–H and O–H groups in total. The summed E-state index contributed by atoms with van der Waals surface area (Å²) in [6, 6.07) is 10.8. The number of ether oxygens (including phenoxy) is 1. The fraction of sp³-hybridized carbons (Fsp3) is 0.389. The summed E-state index contributed by atoms with van der Waals surface area (Å²) in [5, 5.41) is 13.0. The summed E-state index contributed by atoms with van der Waals surface area (Å²) >= 11 is 0. The Bertz CT molecular complexity index is 632. The number of carbonyl (C=O) groups excluding carboxylic acids is 1. The molecule has 0 bridgehead atoms. The minimum absolute atomic E-state index is 0.0849. The molecule has 1 heterocycles. The van der Waals surface area contributed by atoms with Crippen LogP contribution in [0.4, 0.5) is 0 Å². The van der Waals surface area contributed by atoms with E-state index in [0.717, 1.165) is 11.3 Å². The zero-order valence-electron chi connectivity index (χ0n) is 13.7. The first-order valence-corrected chi connectivity index (χ1v) is 7.65. The normalized spacial score (nSPS) is 13.6. The van der Waals surface area contributed by atoms with Crippen LogP contribution in [0.5, 0.6) is 5.75 Å². The van der Waals surface area contributed by atoms with Gasteiger partial charge in [0, 0.05) is 0 Å². The van der Waals surface area contributed by atoms with E-state index in [1.54, 1.807) is 19.1 Å². The Balaban J connectivity index is 1.90. The Morgan fingerprint density at radius 1 is 1.35 bits per heavy atom. The van der Waals surface area contributed by atoms with Crippen LogP contribution in [0.15, 0.2) is 47.1 Å². The van der Waals surface area contributed by atoms with Crippen LogP contribution in [0, 0.1) is 0 Å². The summed E-state index contributed by atoms with van der Waals surface area (Å²) in [5.41, 5.74) is -0.375. The molecule has 5 nitrogen and oxygen atoms in total. The summed E-state index contributed by atoms with van der Waals surface area (Å²) in [4.78, 5) is 12.1. The molecule has 2 aromatic rings. The van der Waals surface area contributed by atoms with E-state index in [9.17, 15) is 9.90 Å². The van der Waals surface area contributed by atoms with Gasteiger partial charge in [-0.15, -0.1) is 0 Å². The van der Waals surface area contributed by atoms with Crippen molar-refractivity contribution in [2.24, 2.45) is 0 Å². The standard InChI is InChI=1S/C18H23NO4/c1-13(2)23-15-7-4-6-14(10-15)11-17(20)19-12-18(3,21)16-8-5-9-22-16/h4-10,13,21H,11-12H2,1-3H3,(H,19,20). The SMILES string of the molecule is CC(C)Oc1cccc(CC(=O)NCC(C)(O)c2ccco2)c1. The Morgan fingerprint density at radius 2 is 2.13 bits per heavy atom. The average molecular weight is 317 g/mol. The summed E-state index contributed by atoms with van der Waals surface area (Å²) in [6.45, 7) is 5.59. The molecule has 0 spiro atoms. The van der Waals surface area contributed by atoms with Crippen molar-refractivity contribution in [1.82, 2.24) is 5.32 Å². The van der Waals surface area contributed by atoms with Crippen molar-refractivity contribution >= 4 is 5.91 Å². The van der Waals surface area contributed by atoms with E-state index >= 15 is 0 Å². The second kappa shape index (κ2) is 7.33. The van der Waals surface area contributed by atoms with Crippen LogP contribution in [0.1, 0.15) is 32.1 Å². The van der Waals surface area contributed by atoms with E-state index in [1.807, 2.05) is 38.1 Å². The number of nitrogens with one attached hydrogen (secondary N) is 1. The van der Waals surface area contributed by atoms with Gasteiger partial charge in [0.05, 0.1) is 25.3 Å². The van der Waals surface area contributed by atoms with Crippen molar-refractivity contribution in [2.75, 3.05) is 6.54 Å². The third-order valence-corrected chi connectivity index (χ3v) is 3.32. The highest BCUT2D eigenvalue weighted by molar-refractivity contribution is 5.78. The number of amides is 1. The highest BCUT2D eigenvalue weighted by Gasteiger charge is 2.26. The van der Waals surface area contributed by atoms with Gasteiger partial charge in [0.15, 0.2) is 0 Å². The predicted molar refractivity (Wildman–Crippen MR) is 87.2 cm³/mol. The number of furan rings is 1. The third kappa shape index (κ3) is 5.14. The first-order chi connectivity index (χ1) is 10.9. The minimum atomic E-state index is -1.23. The smallest absolute Gasteiger partial charge is 0.224 e. The van der Waals surface area contributed by atoms with Gasteiger partial charge in [0.25, 0.3) is 0 Å². The predicted octanol–water partition coefficient (Wildman–Crippen LogP) is 2.63. The first kappa shape index (κ1) is 17.1. The van der Waals surface area contributed by atoms with Gasteiger partial charge < -0.3 is 19.6 Å². The summed E-state index contributed by atoms with van der Waals surface area (Å²) in [6.07, 6.45) is 1.80. The van der Waals surface area contributed by atoms with Crippen molar-refractivity contribution in [3.63, 3.8) is 0 Å². The molecule has 0 radical (unpaired) electrons. The Kier molecular flexibility index (Phi) is 5.45. The zero-order valence-corrected chi connectivity index (χ0v) is 13.7. The van der Waals surface area contributed by atoms with Gasteiger partial charge in [-0.05, 0) is 50.6 Å². The highest BCUT2D eigenvalue weighted by Crippen LogP contribution is 2.20. The number of carbonyl (C=O) groups is 1. The Labute approximate surface area is 136 Å². The van der Waals surface area contributed by atoms with Gasteiger partial charge in [-0.2, -0.15) is 0 Å². The Morgan fingerprint density at radius 3 is 2.78 bits per heavy atom. The second-order valence-electron chi connectivity index (χ2n) is 6.02. The van der Waals surface area contributed by atoms with Crippen LogP contribution in [0.25, 0.3) is 0 Å². The van der Waals surface area contributed by atoms with Gasteiger partial charge in [0.2, 0.25) is 5.91 Å². The number of hydrogen-bond donors (Lipinski definition) is 2. The Hall–Kier alpha value is -2.27. The molecule has 0 aliphatic carbocycles. The number of rotatable bonds is 7. The average Bonchev–Trinajstić information content (AvgIpc) is 3.00. The van der Waals surface area contributed by atoms with Crippen molar-refractivity contribution in [3.8, 4) is 5.75 Å². The lowest BCUT2D eigenvalue weighted by molar-refractivity contribution is -0.121. The lowest BCUT2D eigenvalue weighted by Crippen LogP contribution is -2.39. The lowest BCUT2D eigenvalue weighted by atomic mass is 10.0. The van der Waals surface area contributed by atoms with Crippen molar-refractivity contribution in [3.05, 3.63) is 54.0 Å². The van der Waals surface area contributed by atoms with E-state index in [0.29, 0.717) is 5.76 Å². The lowest BCUT2D eigenvalue weighted by Gasteiger charge is -2.21. The molecule has 0 saturated carbocycles. The zero-order chi connectivity index (χ0) is 16.9. The molecule has 2 rings (SSSR count). The maximum atomic E-state index is 12.1.